The van der Waals surface area contributed by atoms with Crippen molar-refractivity contribution in [1.82, 2.24) is 0 Å². The van der Waals surface area contributed by atoms with Crippen LogP contribution in [0.4, 0.5) is 5.69 Å². The van der Waals surface area contributed by atoms with Gasteiger partial charge in [-0.1, -0.05) is 29.8 Å². The molecule has 0 atom stereocenters. The standard InChI is InChI=1S/C20H21NO4/c1-13-4-5-14(2)18(10-13)19(23)12-25-20(24)11-16-6-8-17(9-7-16)21-15(3)22/h4-10H,11-12H2,1-3H3,(H,21,22). The van der Waals surface area contributed by atoms with E-state index in [1.165, 1.54) is 6.92 Å². The molecule has 1 amide bonds. The van der Waals surface area contributed by atoms with Gasteiger partial charge in [-0.15, -0.1) is 0 Å². The molecular weight excluding hydrogens is 318 g/mol. The Bertz CT molecular complexity index is 794. The van der Waals surface area contributed by atoms with Crippen LogP contribution in [0.2, 0.25) is 0 Å². The van der Waals surface area contributed by atoms with E-state index < -0.39 is 5.97 Å². The third kappa shape index (κ3) is 5.57. The maximum absolute atomic E-state index is 12.2. The third-order valence-corrected chi connectivity index (χ3v) is 3.68. The molecule has 130 valence electrons. The van der Waals surface area contributed by atoms with Gasteiger partial charge in [0.1, 0.15) is 0 Å². The first kappa shape index (κ1) is 18.4. The van der Waals surface area contributed by atoms with Gasteiger partial charge in [0, 0.05) is 18.2 Å². The summed E-state index contributed by atoms with van der Waals surface area (Å²) in [6.45, 7) is 4.92. The highest BCUT2D eigenvalue weighted by molar-refractivity contribution is 5.99. The molecule has 2 rings (SSSR count). The summed E-state index contributed by atoms with van der Waals surface area (Å²) in [6, 6.07) is 12.5. The molecule has 0 fully saturated rings. The zero-order valence-electron chi connectivity index (χ0n) is 14.6. The fourth-order valence-corrected chi connectivity index (χ4v) is 2.39. The summed E-state index contributed by atoms with van der Waals surface area (Å²) < 4.78 is 5.09. The van der Waals surface area contributed by atoms with Crippen LogP contribution in [0.25, 0.3) is 0 Å². The molecule has 0 unspecified atom stereocenters. The first-order chi connectivity index (χ1) is 11.8. The fraction of sp³-hybridized carbons (Fsp3) is 0.250. The van der Waals surface area contributed by atoms with Crippen molar-refractivity contribution in [2.75, 3.05) is 11.9 Å². The van der Waals surface area contributed by atoms with Crippen molar-refractivity contribution in [3.63, 3.8) is 0 Å². The number of anilines is 1. The molecule has 0 aliphatic heterocycles. The predicted molar refractivity (Wildman–Crippen MR) is 95.7 cm³/mol. The van der Waals surface area contributed by atoms with Crippen molar-refractivity contribution in [3.8, 4) is 0 Å². The molecule has 2 aromatic rings. The van der Waals surface area contributed by atoms with Crippen molar-refractivity contribution in [1.29, 1.82) is 0 Å². The van der Waals surface area contributed by atoms with E-state index in [4.69, 9.17) is 4.74 Å². The predicted octanol–water partition coefficient (Wildman–Crippen LogP) is 3.23. The summed E-state index contributed by atoms with van der Waals surface area (Å²) >= 11 is 0. The highest BCUT2D eigenvalue weighted by Gasteiger charge is 2.13. The van der Waals surface area contributed by atoms with E-state index in [0.717, 1.165) is 16.7 Å². The van der Waals surface area contributed by atoms with Gasteiger partial charge in [-0.05, 0) is 43.2 Å². The molecule has 25 heavy (non-hydrogen) atoms. The minimum Gasteiger partial charge on any atom is -0.457 e. The van der Waals surface area contributed by atoms with E-state index in [2.05, 4.69) is 5.32 Å². The summed E-state index contributed by atoms with van der Waals surface area (Å²) in [5.41, 5.74) is 3.83. The number of nitrogens with one attached hydrogen (secondary N) is 1. The topological polar surface area (TPSA) is 72.5 Å². The van der Waals surface area contributed by atoms with Crippen LogP contribution in [0.1, 0.15) is 34.0 Å². The van der Waals surface area contributed by atoms with Crippen LogP contribution in [-0.4, -0.2) is 24.3 Å². The van der Waals surface area contributed by atoms with Gasteiger partial charge < -0.3 is 10.1 Å². The number of amides is 1. The summed E-state index contributed by atoms with van der Waals surface area (Å²) in [6.07, 6.45) is 0.0699. The Kier molecular flexibility index (Phi) is 6.06. The molecule has 0 aliphatic rings. The highest BCUT2D eigenvalue weighted by Crippen LogP contribution is 2.13. The number of rotatable bonds is 6. The summed E-state index contributed by atoms with van der Waals surface area (Å²) in [7, 11) is 0. The molecule has 5 heteroatoms. The maximum Gasteiger partial charge on any atom is 0.310 e. The molecule has 0 saturated heterocycles. The first-order valence-corrected chi connectivity index (χ1v) is 7.98. The van der Waals surface area contributed by atoms with Crippen LogP contribution in [0, 0.1) is 13.8 Å². The normalized spacial score (nSPS) is 10.2. The van der Waals surface area contributed by atoms with Crippen molar-refractivity contribution in [2.45, 2.75) is 27.2 Å². The SMILES string of the molecule is CC(=O)Nc1ccc(CC(=O)OCC(=O)c2cc(C)ccc2C)cc1. The molecule has 5 nitrogen and oxygen atoms in total. The Balaban J connectivity index is 1.89. The van der Waals surface area contributed by atoms with Gasteiger partial charge in [0.2, 0.25) is 11.7 Å². The van der Waals surface area contributed by atoms with Crippen molar-refractivity contribution in [3.05, 3.63) is 64.7 Å². The second-order valence-electron chi connectivity index (χ2n) is 5.96. The van der Waals surface area contributed by atoms with Crippen LogP contribution in [0.5, 0.6) is 0 Å². The Labute approximate surface area is 147 Å². The molecule has 0 spiro atoms. The smallest absolute Gasteiger partial charge is 0.310 e. The molecule has 0 saturated carbocycles. The number of carbonyl (C=O) groups is 3. The Hall–Kier alpha value is -2.95. The summed E-state index contributed by atoms with van der Waals surface area (Å²) in [5, 5.41) is 2.65. The number of hydrogen-bond donors (Lipinski definition) is 1. The molecule has 0 heterocycles. The van der Waals surface area contributed by atoms with Gasteiger partial charge in [0.25, 0.3) is 0 Å². The molecule has 0 aliphatic carbocycles. The van der Waals surface area contributed by atoms with Crippen LogP contribution in [0.3, 0.4) is 0 Å². The van der Waals surface area contributed by atoms with Gasteiger partial charge >= 0.3 is 5.97 Å². The van der Waals surface area contributed by atoms with Gasteiger partial charge in [-0.3, -0.25) is 14.4 Å². The molecule has 0 bridgehead atoms. The second-order valence-corrected chi connectivity index (χ2v) is 5.96. The van der Waals surface area contributed by atoms with E-state index in [-0.39, 0.29) is 24.7 Å². The van der Waals surface area contributed by atoms with Crippen LogP contribution < -0.4 is 5.32 Å². The quantitative estimate of drug-likeness (QED) is 0.648. The number of Topliss-reactive ketones (excluding diaryl/α,β-unsaturated/α-hetero) is 1. The van der Waals surface area contributed by atoms with E-state index >= 15 is 0 Å². The third-order valence-electron chi connectivity index (χ3n) is 3.68. The molecule has 1 N–H and O–H groups in total. The van der Waals surface area contributed by atoms with Crippen molar-refractivity contribution < 1.29 is 19.1 Å². The lowest BCUT2D eigenvalue weighted by atomic mass is 10.0. The zero-order valence-corrected chi connectivity index (χ0v) is 14.6. The molecular formula is C20H21NO4. The van der Waals surface area contributed by atoms with Crippen molar-refractivity contribution in [2.24, 2.45) is 0 Å². The Morgan fingerprint density at radius 2 is 1.68 bits per heavy atom. The Morgan fingerprint density at radius 1 is 1.00 bits per heavy atom. The average Bonchev–Trinajstić information content (AvgIpc) is 2.56. The molecule has 0 radical (unpaired) electrons. The summed E-state index contributed by atoms with van der Waals surface area (Å²) in [4.78, 5) is 35.1. The number of hydrogen-bond acceptors (Lipinski definition) is 4. The van der Waals surface area contributed by atoms with E-state index in [9.17, 15) is 14.4 Å². The van der Waals surface area contributed by atoms with Crippen LogP contribution in [0.15, 0.2) is 42.5 Å². The highest BCUT2D eigenvalue weighted by atomic mass is 16.5. The fourth-order valence-electron chi connectivity index (χ4n) is 2.39. The zero-order chi connectivity index (χ0) is 18.4. The van der Waals surface area contributed by atoms with Crippen molar-refractivity contribution >= 4 is 23.3 Å². The van der Waals surface area contributed by atoms with Crippen LogP contribution in [-0.2, 0) is 20.7 Å². The number of benzene rings is 2. The largest absolute Gasteiger partial charge is 0.457 e. The lowest BCUT2D eigenvalue weighted by Crippen LogP contribution is -2.16. The Morgan fingerprint density at radius 3 is 2.32 bits per heavy atom. The maximum atomic E-state index is 12.2. The lowest BCUT2D eigenvalue weighted by Gasteiger charge is -2.08. The minimum absolute atomic E-state index is 0.0699. The monoisotopic (exact) mass is 339 g/mol. The summed E-state index contributed by atoms with van der Waals surface area (Å²) in [5.74, 6) is -0.835. The number of carbonyl (C=O) groups excluding carboxylic acids is 3. The van der Waals surface area contributed by atoms with E-state index in [1.54, 1.807) is 30.3 Å². The molecule has 0 aromatic heterocycles. The number of ketones is 1. The number of ether oxygens (including phenoxy) is 1. The second kappa shape index (κ2) is 8.24. The minimum atomic E-state index is -0.467. The first-order valence-electron chi connectivity index (χ1n) is 7.98. The van der Waals surface area contributed by atoms with Crippen LogP contribution >= 0.6 is 0 Å². The average molecular weight is 339 g/mol. The molecule has 2 aromatic carbocycles. The number of esters is 1. The van der Waals surface area contributed by atoms with Gasteiger partial charge in [0.15, 0.2) is 6.61 Å². The van der Waals surface area contributed by atoms with Gasteiger partial charge in [-0.2, -0.15) is 0 Å². The van der Waals surface area contributed by atoms with Gasteiger partial charge in [0.05, 0.1) is 6.42 Å². The lowest BCUT2D eigenvalue weighted by molar-refractivity contribution is -0.141. The van der Waals surface area contributed by atoms with Gasteiger partial charge in [-0.25, -0.2) is 0 Å². The number of aryl methyl sites for hydroxylation is 2. The van der Waals surface area contributed by atoms with E-state index in [0.29, 0.717) is 11.3 Å². The van der Waals surface area contributed by atoms with E-state index in [1.807, 2.05) is 26.0 Å².